The summed E-state index contributed by atoms with van der Waals surface area (Å²) in [6.45, 7) is 1.41. The van der Waals surface area contributed by atoms with Crippen LogP contribution in [0.3, 0.4) is 0 Å². The lowest BCUT2D eigenvalue weighted by molar-refractivity contribution is -0.120. The number of carbonyl (C=O) groups excluding carboxylic acids is 2. The van der Waals surface area contributed by atoms with Crippen molar-refractivity contribution in [2.75, 3.05) is 19.6 Å². The van der Waals surface area contributed by atoms with Crippen molar-refractivity contribution in [3.63, 3.8) is 0 Å². The molecule has 2 fully saturated rings. The SMILES string of the molecule is Cn1ccnc1C1CCN(C(=O)NCC(=O)NC2CCCC2)C1. The minimum Gasteiger partial charge on any atom is -0.352 e. The van der Waals surface area contributed by atoms with E-state index in [1.165, 1.54) is 12.8 Å². The Morgan fingerprint density at radius 3 is 2.78 bits per heavy atom. The molecule has 3 amide bonds. The Bertz CT molecular complexity index is 565. The molecule has 0 bridgehead atoms. The van der Waals surface area contributed by atoms with Gasteiger partial charge in [-0.25, -0.2) is 9.78 Å². The third-order valence-electron chi connectivity index (χ3n) is 4.82. The number of hydrogen-bond acceptors (Lipinski definition) is 3. The van der Waals surface area contributed by atoms with Crippen molar-refractivity contribution >= 4 is 11.9 Å². The number of nitrogens with one attached hydrogen (secondary N) is 2. The number of carbonyl (C=O) groups is 2. The van der Waals surface area contributed by atoms with E-state index in [1.807, 2.05) is 17.8 Å². The second-order valence-electron chi connectivity index (χ2n) is 6.54. The molecule has 126 valence electrons. The lowest BCUT2D eigenvalue weighted by Crippen LogP contribution is -2.45. The average molecular weight is 319 g/mol. The standard InChI is InChI=1S/C16H25N5O2/c1-20-9-7-17-15(20)12-6-8-21(11-12)16(23)18-10-14(22)19-13-4-2-3-5-13/h7,9,12-13H,2-6,8,10-11H2,1H3,(H,18,23)(H,19,22). The van der Waals surface area contributed by atoms with Crippen LogP contribution in [0.2, 0.25) is 0 Å². The number of aromatic nitrogens is 2. The van der Waals surface area contributed by atoms with E-state index in [0.717, 1.165) is 25.1 Å². The Hall–Kier alpha value is -2.05. The van der Waals surface area contributed by atoms with Gasteiger partial charge in [-0.15, -0.1) is 0 Å². The third-order valence-corrected chi connectivity index (χ3v) is 4.82. The summed E-state index contributed by atoms with van der Waals surface area (Å²) in [5.74, 6) is 1.19. The Balaban J connectivity index is 1.42. The van der Waals surface area contributed by atoms with Crippen LogP contribution in [0, 0.1) is 0 Å². The molecule has 1 aromatic heterocycles. The highest BCUT2D eigenvalue weighted by Gasteiger charge is 2.29. The average Bonchev–Trinajstić information content (AvgIpc) is 3.25. The number of rotatable bonds is 4. The molecule has 0 aromatic carbocycles. The fourth-order valence-corrected chi connectivity index (χ4v) is 3.54. The van der Waals surface area contributed by atoms with Crippen molar-refractivity contribution in [2.45, 2.75) is 44.1 Å². The lowest BCUT2D eigenvalue weighted by atomic mass is 10.1. The van der Waals surface area contributed by atoms with E-state index in [4.69, 9.17) is 0 Å². The molecule has 0 spiro atoms. The number of urea groups is 1. The fourth-order valence-electron chi connectivity index (χ4n) is 3.54. The second-order valence-corrected chi connectivity index (χ2v) is 6.54. The molecule has 1 atom stereocenters. The molecule has 0 radical (unpaired) electrons. The van der Waals surface area contributed by atoms with Crippen LogP contribution in [0.1, 0.15) is 43.8 Å². The Labute approximate surface area is 136 Å². The molecular weight excluding hydrogens is 294 g/mol. The van der Waals surface area contributed by atoms with E-state index in [-0.39, 0.29) is 24.4 Å². The van der Waals surface area contributed by atoms with Gasteiger partial charge in [-0.05, 0) is 19.3 Å². The fraction of sp³-hybridized carbons (Fsp3) is 0.688. The van der Waals surface area contributed by atoms with Gasteiger partial charge in [0, 0.05) is 44.5 Å². The molecule has 1 aliphatic carbocycles. The molecule has 1 aliphatic heterocycles. The van der Waals surface area contributed by atoms with E-state index in [0.29, 0.717) is 19.1 Å². The summed E-state index contributed by atoms with van der Waals surface area (Å²) in [7, 11) is 1.97. The zero-order valence-corrected chi connectivity index (χ0v) is 13.6. The van der Waals surface area contributed by atoms with Crippen LogP contribution in [-0.2, 0) is 11.8 Å². The number of likely N-dealkylation sites (tertiary alicyclic amines) is 1. The van der Waals surface area contributed by atoms with Gasteiger partial charge in [-0.2, -0.15) is 0 Å². The van der Waals surface area contributed by atoms with Gasteiger partial charge in [0.2, 0.25) is 5.91 Å². The minimum absolute atomic E-state index is 0.0545. The molecule has 7 nitrogen and oxygen atoms in total. The zero-order chi connectivity index (χ0) is 16.2. The molecule has 2 N–H and O–H groups in total. The quantitative estimate of drug-likeness (QED) is 0.868. The van der Waals surface area contributed by atoms with E-state index >= 15 is 0 Å². The second kappa shape index (κ2) is 7.02. The third kappa shape index (κ3) is 3.83. The normalized spacial score (nSPS) is 21.6. The van der Waals surface area contributed by atoms with Crippen LogP contribution in [0.4, 0.5) is 4.79 Å². The molecule has 2 aliphatic rings. The van der Waals surface area contributed by atoms with Gasteiger partial charge >= 0.3 is 6.03 Å². The summed E-state index contributed by atoms with van der Waals surface area (Å²) in [5.41, 5.74) is 0. The Kier molecular flexibility index (Phi) is 4.83. The number of aryl methyl sites for hydroxylation is 1. The predicted molar refractivity (Wildman–Crippen MR) is 85.9 cm³/mol. The predicted octanol–water partition coefficient (Wildman–Crippen LogP) is 0.978. The largest absolute Gasteiger partial charge is 0.352 e. The van der Waals surface area contributed by atoms with Crippen molar-refractivity contribution in [2.24, 2.45) is 7.05 Å². The summed E-state index contributed by atoms with van der Waals surface area (Å²) >= 11 is 0. The van der Waals surface area contributed by atoms with Gasteiger partial charge in [0.25, 0.3) is 0 Å². The first kappa shape index (κ1) is 15.8. The van der Waals surface area contributed by atoms with Crippen LogP contribution < -0.4 is 10.6 Å². The maximum atomic E-state index is 12.2. The number of amides is 3. The molecule has 23 heavy (non-hydrogen) atoms. The van der Waals surface area contributed by atoms with Crippen molar-refractivity contribution in [1.82, 2.24) is 25.1 Å². The molecule has 7 heteroatoms. The van der Waals surface area contributed by atoms with Gasteiger partial charge in [-0.1, -0.05) is 12.8 Å². The van der Waals surface area contributed by atoms with Crippen molar-refractivity contribution in [1.29, 1.82) is 0 Å². The summed E-state index contributed by atoms with van der Waals surface area (Å²) in [6.07, 6.45) is 9.08. The van der Waals surface area contributed by atoms with Gasteiger partial charge in [-0.3, -0.25) is 4.79 Å². The van der Waals surface area contributed by atoms with E-state index < -0.39 is 0 Å². The summed E-state index contributed by atoms with van der Waals surface area (Å²) in [6, 6.07) is 0.127. The molecule has 2 heterocycles. The first-order chi connectivity index (χ1) is 11.1. The Morgan fingerprint density at radius 1 is 1.30 bits per heavy atom. The van der Waals surface area contributed by atoms with E-state index in [1.54, 1.807) is 11.1 Å². The van der Waals surface area contributed by atoms with Crippen molar-refractivity contribution < 1.29 is 9.59 Å². The van der Waals surface area contributed by atoms with Crippen LogP contribution in [0.5, 0.6) is 0 Å². The highest BCUT2D eigenvalue weighted by Crippen LogP contribution is 2.25. The number of imidazole rings is 1. The molecule has 1 aromatic rings. The number of nitrogens with zero attached hydrogens (tertiary/aromatic N) is 3. The summed E-state index contributed by atoms with van der Waals surface area (Å²) in [4.78, 5) is 30.2. The van der Waals surface area contributed by atoms with Crippen LogP contribution in [-0.4, -0.2) is 52.1 Å². The number of hydrogen-bond donors (Lipinski definition) is 2. The van der Waals surface area contributed by atoms with Crippen molar-refractivity contribution in [3.05, 3.63) is 18.2 Å². The zero-order valence-electron chi connectivity index (χ0n) is 13.6. The smallest absolute Gasteiger partial charge is 0.317 e. The first-order valence-electron chi connectivity index (χ1n) is 8.43. The molecular formula is C16H25N5O2. The summed E-state index contributed by atoms with van der Waals surface area (Å²) in [5, 5.41) is 5.70. The molecule has 3 rings (SSSR count). The Morgan fingerprint density at radius 2 is 2.09 bits per heavy atom. The monoisotopic (exact) mass is 319 g/mol. The molecule has 1 saturated heterocycles. The van der Waals surface area contributed by atoms with E-state index in [2.05, 4.69) is 15.6 Å². The van der Waals surface area contributed by atoms with Crippen LogP contribution >= 0.6 is 0 Å². The maximum Gasteiger partial charge on any atom is 0.317 e. The van der Waals surface area contributed by atoms with Gasteiger partial charge in [0.15, 0.2) is 0 Å². The minimum atomic E-state index is -0.164. The van der Waals surface area contributed by atoms with Gasteiger partial charge in [0.05, 0.1) is 6.54 Å². The highest BCUT2D eigenvalue weighted by molar-refractivity contribution is 5.84. The molecule has 1 unspecified atom stereocenters. The van der Waals surface area contributed by atoms with E-state index in [9.17, 15) is 9.59 Å². The first-order valence-corrected chi connectivity index (χ1v) is 8.43. The van der Waals surface area contributed by atoms with Gasteiger partial charge in [0.1, 0.15) is 5.82 Å². The maximum absolute atomic E-state index is 12.2. The van der Waals surface area contributed by atoms with Crippen LogP contribution in [0.25, 0.3) is 0 Å². The van der Waals surface area contributed by atoms with Gasteiger partial charge < -0.3 is 20.1 Å². The lowest BCUT2D eigenvalue weighted by Gasteiger charge is -2.18. The molecule has 1 saturated carbocycles. The van der Waals surface area contributed by atoms with Crippen LogP contribution in [0.15, 0.2) is 12.4 Å². The topological polar surface area (TPSA) is 79.3 Å². The highest BCUT2D eigenvalue weighted by atomic mass is 16.2. The van der Waals surface area contributed by atoms with Crippen molar-refractivity contribution in [3.8, 4) is 0 Å². The summed E-state index contributed by atoms with van der Waals surface area (Å²) < 4.78 is 2.00.